The lowest BCUT2D eigenvalue weighted by molar-refractivity contribution is 0.0886. The molecule has 1 aromatic rings. The van der Waals surface area contributed by atoms with Crippen LogP contribution in [0.3, 0.4) is 0 Å². The molecule has 1 aromatic carbocycles. The monoisotopic (exact) mass is 222 g/mol. The van der Waals surface area contributed by atoms with Crippen LogP contribution in [0.25, 0.3) is 0 Å². The average molecular weight is 222 g/mol. The molecular formula is C12H15FN2O. The Hall–Kier alpha value is -1.60. The zero-order valence-electron chi connectivity index (χ0n) is 9.66. The van der Waals surface area contributed by atoms with Crippen LogP contribution < -0.4 is 4.90 Å². The van der Waals surface area contributed by atoms with Gasteiger partial charge in [0.05, 0.1) is 16.9 Å². The van der Waals surface area contributed by atoms with Gasteiger partial charge in [-0.25, -0.2) is 4.39 Å². The fraction of sp³-hybridized carbons (Fsp3) is 0.417. The van der Waals surface area contributed by atoms with Gasteiger partial charge in [0, 0.05) is 13.6 Å². The zero-order chi connectivity index (χ0) is 12.3. The van der Waals surface area contributed by atoms with Crippen LogP contribution in [0, 0.1) is 17.1 Å². The summed E-state index contributed by atoms with van der Waals surface area (Å²) in [5, 5.41) is 18.6. The van der Waals surface area contributed by atoms with Crippen LogP contribution in [0.4, 0.5) is 10.1 Å². The average Bonchev–Trinajstić information content (AvgIpc) is 2.14. The summed E-state index contributed by atoms with van der Waals surface area (Å²) in [6.45, 7) is 3.73. The third-order valence-electron chi connectivity index (χ3n) is 2.11. The van der Waals surface area contributed by atoms with Gasteiger partial charge in [0.25, 0.3) is 0 Å². The van der Waals surface area contributed by atoms with Crippen molar-refractivity contribution in [2.45, 2.75) is 19.4 Å². The molecule has 0 saturated carbocycles. The first-order valence-corrected chi connectivity index (χ1v) is 4.96. The van der Waals surface area contributed by atoms with Gasteiger partial charge in [-0.15, -0.1) is 0 Å². The van der Waals surface area contributed by atoms with Gasteiger partial charge in [0.1, 0.15) is 11.9 Å². The molecule has 0 aliphatic carbocycles. The van der Waals surface area contributed by atoms with Gasteiger partial charge in [-0.05, 0) is 32.0 Å². The van der Waals surface area contributed by atoms with Crippen LogP contribution in [0.2, 0.25) is 0 Å². The van der Waals surface area contributed by atoms with Crippen molar-refractivity contribution in [2.75, 3.05) is 18.5 Å². The third kappa shape index (κ3) is 3.21. The predicted octanol–water partition coefficient (Wildman–Crippen LogP) is 1.90. The Labute approximate surface area is 94.7 Å². The quantitative estimate of drug-likeness (QED) is 0.849. The lowest BCUT2D eigenvalue weighted by Crippen LogP contribution is -2.36. The molecule has 4 heteroatoms. The molecule has 0 heterocycles. The lowest BCUT2D eigenvalue weighted by Gasteiger charge is -2.27. The molecule has 0 atom stereocenters. The number of benzene rings is 1. The molecule has 1 rings (SSSR count). The Morgan fingerprint density at radius 2 is 2.12 bits per heavy atom. The van der Waals surface area contributed by atoms with E-state index < -0.39 is 11.4 Å². The van der Waals surface area contributed by atoms with E-state index in [-0.39, 0.29) is 5.56 Å². The number of nitriles is 1. The van der Waals surface area contributed by atoms with Crippen molar-refractivity contribution >= 4 is 5.69 Å². The zero-order valence-corrected chi connectivity index (χ0v) is 9.66. The highest BCUT2D eigenvalue weighted by atomic mass is 19.1. The second kappa shape index (κ2) is 4.50. The van der Waals surface area contributed by atoms with Crippen molar-refractivity contribution < 1.29 is 9.50 Å². The number of hydrogen-bond acceptors (Lipinski definition) is 3. The van der Waals surface area contributed by atoms with Crippen LogP contribution in [-0.4, -0.2) is 24.3 Å². The predicted molar refractivity (Wildman–Crippen MR) is 60.7 cm³/mol. The van der Waals surface area contributed by atoms with Crippen LogP contribution >= 0.6 is 0 Å². The van der Waals surface area contributed by atoms with Crippen LogP contribution in [0.15, 0.2) is 18.2 Å². The lowest BCUT2D eigenvalue weighted by atomic mass is 10.1. The summed E-state index contributed by atoms with van der Waals surface area (Å²) >= 11 is 0. The molecule has 0 aliphatic rings. The molecule has 3 nitrogen and oxygen atoms in total. The number of halogens is 1. The molecule has 0 saturated heterocycles. The second-order valence-electron chi connectivity index (χ2n) is 4.44. The largest absolute Gasteiger partial charge is 0.389 e. The maximum absolute atomic E-state index is 12.9. The molecular weight excluding hydrogens is 207 g/mol. The molecule has 0 radical (unpaired) electrons. The van der Waals surface area contributed by atoms with E-state index in [0.717, 1.165) is 0 Å². The Balaban J connectivity index is 3.00. The first-order valence-electron chi connectivity index (χ1n) is 4.96. The topological polar surface area (TPSA) is 47.3 Å². The summed E-state index contributed by atoms with van der Waals surface area (Å²) in [6.07, 6.45) is 0. The molecule has 0 amide bonds. The molecule has 0 spiro atoms. The normalized spacial score (nSPS) is 11.0. The van der Waals surface area contributed by atoms with Crippen LogP contribution in [0.1, 0.15) is 19.4 Å². The van der Waals surface area contributed by atoms with E-state index in [1.54, 1.807) is 31.9 Å². The van der Waals surface area contributed by atoms with Gasteiger partial charge in [0.2, 0.25) is 0 Å². The highest BCUT2D eigenvalue weighted by Gasteiger charge is 2.17. The molecule has 0 bridgehead atoms. The van der Waals surface area contributed by atoms with E-state index >= 15 is 0 Å². The number of anilines is 1. The van der Waals surface area contributed by atoms with Gasteiger partial charge in [-0.2, -0.15) is 5.26 Å². The van der Waals surface area contributed by atoms with Crippen molar-refractivity contribution in [3.05, 3.63) is 29.6 Å². The molecule has 0 aromatic heterocycles. The highest BCUT2D eigenvalue weighted by molar-refractivity contribution is 5.59. The molecule has 0 unspecified atom stereocenters. The molecule has 86 valence electrons. The van der Waals surface area contributed by atoms with Crippen LogP contribution in [0.5, 0.6) is 0 Å². The van der Waals surface area contributed by atoms with Crippen molar-refractivity contribution in [2.24, 2.45) is 0 Å². The summed E-state index contributed by atoms with van der Waals surface area (Å²) in [4.78, 5) is 1.73. The molecule has 16 heavy (non-hydrogen) atoms. The summed E-state index contributed by atoms with van der Waals surface area (Å²) < 4.78 is 12.9. The van der Waals surface area contributed by atoms with E-state index in [4.69, 9.17) is 5.26 Å². The van der Waals surface area contributed by atoms with Gasteiger partial charge in [-0.3, -0.25) is 0 Å². The summed E-state index contributed by atoms with van der Waals surface area (Å²) in [5.74, 6) is -0.433. The van der Waals surface area contributed by atoms with Crippen molar-refractivity contribution in [3.63, 3.8) is 0 Å². The number of rotatable bonds is 3. The Kier molecular flexibility index (Phi) is 3.51. The van der Waals surface area contributed by atoms with Crippen molar-refractivity contribution in [1.82, 2.24) is 0 Å². The number of nitrogens with zero attached hydrogens (tertiary/aromatic N) is 2. The molecule has 1 N–H and O–H groups in total. The molecule has 0 aliphatic heterocycles. The minimum atomic E-state index is -0.865. The van der Waals surface area contributed by atoms with E-state index in [1.165, 1.54) is 12.1 Å². The maximum Gasteiger partial charge on any atom is 0.124 e. The first kappa shape index (κ1) is 12.5. The standard InChI is InChI=1S/C12H15FN2O/c1-12(2,16)8-15(3)11-5-4-10(13)6-9(11)7-14/h4-6,16H,8H2,1-3H3. The third-order valence-corrected chi connectivity index (χ3v) is 2.11. The first-order chi connectivity index (χ1) is 7.33. The van der Waals surface area contributed by atoms with Crippen molar-refractivity contribution in [3.8, 4) is 6.07 Å². The minimum absolute atomic E-state index is 0.270. The van der Waals surface area contributed by atoms with E-state index in [9.17, 15) is 9.50 Å². The van der Waals surface area contributed by atoms with Gasteiger partial charge in [-0.1, -0.05) is 0 Å². The van der Waals surface area contributed by atoms with Gasteiger partial charge in [0.15, 0.2) is 0 Å². The minimum Gasteiger partial charge on any atom is -0.389 e. The van der Waals surface area contributed by atoms with Crippen molar-refractivity contribution in [1.29, 1.82) is 5.26 Å². The number of likely N-dealkylation sites (N-methyl/N-ethyl adjacent to an activating group) is 1. The summed E-state index contributed by atoms with van der Waals surface area (Å²) in [6, 6.07) is 5.97. The number of hydrogen-bond donors (Lipinski definition) is 1. The van der Waals surface area contributed by atoms with E-state index in [1.807, 2.05) is 6.07 Å². The summed E-state index contributed by atoms with van der Waals surface area (Å²) in [5.41, 5.74) is 0.0216. The molecule has 0 fully saturated rings. The SMILES string of the molecule is CN(CC(C)(C)O)c1ccc(F)cc1C#N. The van der Waals surface area contributed by atoms with Crippen LogP contribution in [-0.2, 0) is 0 Å². The van der Waals surface area contributed by atoms with Gasteiger partial charge >= 0.3 is 0 Å². The second-order valence-corrected chi connectivity index (χ2v) is 4.44. The van der Waals surface area contributed by atoms with E-state index in [0.29, 0.717) is 12.2 Å². The maximum atomic E-state index is 12.9. The Bertz CT molecular complexity index is 418. The van der Waals surface area contributed by atoms with Gasteiger partial charge < -0.3 is 10.0 Å². The Morgan fingerprint density at radius 3 is 2.62 bits per heavy atom. The fourth-order valence-electron chi connectivity index (χ4n) is 1.60. The smallest absolute Gasteiger partial charge is 0.124 e. The summed E-state index contributed by atoms with van der Waals surface area (Å²) in [7, 11) is 1.76. The highest BCUT2D eigenvalue weighted by Crippen LogP contribution is 2.21. The van der Waals surface area contributed by atoms with E-state index in [2.05, 4.69) is 0 Å². The number of aliphatic hydroxyl groups is 1. The fourth-order valence-corrected chi connectivity index (χ4v) is 1.60. The Morgan fingerprint density at radius 1 is 1.50 bits per heavy atom.